The molecular formula is C15H21N3. The summed E-state index contributed by atoms with van der Waals surface area (Å²) in [7, 11) is 0. The first kappa shape index (κ1) is 11.6. The Morgan fingerprint density at radius 2 is 2.06 bits per heavy atom. The Hall–Kier alpha value is -1.51. The van der Waals surface area contributed by atoms with Crippen molar-refractivity contribution >= 4 is 16.7 Å². The number of benzene rings is 1. The third kappa shape index (κ3) is 2.09. The van der Waals surface area contributed by atoms with Gasteiger partial charge in [-0.25, -0.2) is 4.98 Å². The van der Waals surface area contributed by atoms with Gasteiger partial charge < -0.3 is 9.88 Å². The molecule has 1 aromatic heterocycles. The van der Waals surface area contributed by atoms with Crippen LogP contribution in [-0.4, -0.2) is 23.1 Å². The Kier molecular flexibility index (Phi) is 3.22. The number of para-hydroxylation sites is 1. The molecule has 1 aromatic carbocycles. The Morgan fingerprint density at radius 3 is 2.83 bits per heavy atom. The molecule has 1 N–H and O–H groups in total. The van der Waals surface area contributed by atoms with Crippen LogP contribution in [0.2, 0.25) is 0 Å². The summed E-state index contributed by atoms with van der Waals surface area (Å²) in [5.41, 5.74) is 3.65. The van der Waals surface area contributed by atoms with Crippen LogP contribution in [0.15, 0.2) is 18.2 Å². The molecule has 0 unspecified atom stereocenters. The van der Waals surface area contributed by atoms with Crippen molar-refractivity contribution in [3.05, 3.63) is 24.0 Å². The van der Waals surface area contributed by atoms with Crippen LogP contribution in [0.1, 0.15) is 38.4 Å². The van der Waals surface area contributed by atoms with Gasteiger partial charge in [0.2, 0.25) is 0 Å². The topological polar surface area (TPSA) is 31.9 Å². The van der Waals surface area contributed by atoms with Gasteiger partial charge in [0.25, 0.3) is 0 Å². The molecule has 0 amide bonds. The first-order valence-corrected chi connectivity index (χ1v) is 7.11. The van der Waals surface area contributed by atoms with Gasteiger partial charge in [-0.05, 0) is 37.8 Å². The lowest BCUT2D eigenvalue weighted by Crippen LogP contribution is -2.29. The zero-order valence-electron chi connectivity index (χ0n) is 11.1. The van der Waals surface area contributed by atoms with E-state index in [0.29, 0.717) is 0 Å². The number of hydrogen-bond acceptors (Lipinski definition) is 2. The molecule has 0 saturated carbocycles. The highest BCUT2D eigenvalue weighted by Crippen LogP contribution is 2.27. The number of nitrogens with zero attached hydrogens (tertiary/aromatic N) is 2. The van der Waals surface area contributed by atoms with Crippen LogP contribution >= 0.6 is 0 Å². The number of aryl methyl sites for hydroxylation is 1. The summed E-state index contributed by atoms with van der Waals surface area (Å²) >= 11 is 0. The second-order valence-corrected chi connectivity index (χ2v) is 5.15. The van der Waals surface area contributed by atoms with E-state index < -0.39 is 0 Å². The van der Waals surface area contributed by atoms with Crippen LogP contribution < -0.4 is 4.90 Å². The third-order valence-electron chi connectivity index (χ3n) is 3.72. The zero-order chi connectivity index (χ0) is 12.4. The maximum absolute atomic E-state index is 4.78. The van der Waals surface area contributed by atoms with E-state index in [9.17, 15) is 0 Å². The molecule has 0 atom stereocenters. The van der Waals surface area contributed by atoms with E-state index in [0.717, 1.165) is 24.2 Å². The average Bonchev–Trinajstić information content (AvgIpc) is 2.82. The first-order valence-electron chi connectivity index (χ1n) is 7.11. The second kappa shape index (κ2) is 5.01. The van der Waals surface area contributed by atoms with Gasteiger partial charge in [0.15, 0.2) is 0 Å². The quantitative estimate of drug-likeness (QED) is 0.894. The monoisotopic (exact) mass is 243 g/mol. The second-order valence-electron chi connectivity index (χ2n) is 5.15. The van der Waals surface area contributed by atoms with Crippen molar-refractivity contribution in [2.24, 2.45) is 0 Å². The van der Waals surface area contributed by atoms with Crippen LogP contribution in [0, 0.1) is 0 Å². The standard InChI is InChI=1S/C15H21N3/c1-2-7-14-16-12-8-6-9-13(15(12)17-14)18-10-4-3-5-11-18/h6,8-9H,2-5,7,10-11H2,1H3,(H,16,17). The molecular weight excluding hydrogens is 222 g/mol. The Bertz CT molecular complexity index is 524. The van der Waals surface area contributed by atoms with Crippen LogP contribution in [0.3, 0.4) is 0 Å². The molecule has 3 nitrogen and oxygen atoms in total. The molecule has 0 aliphatic carbocycles. The maximum Gasteiger partial charge on any atom is 0.112 e. The number of anilines is 1. The van der Waals surface area contributed by atoms with Crippen LogP contribution in [-0.2, 0) is 6.42 Å². The molecule has 2 heterocycles. The molecule has 1 aliphatic heterocycles. The zero-order valence-corrected chi connectivity index (χ0v) is 11.1. The highest BCUT2D eigenvalue weighted by Gasteiger charge is 2.15. The van der Waals surface area contributed by atoms with Gasteiger partial charge in [-0.3, -0.25) is 0 Å². The van der Waals surface area contributed by atoms with Gasteiger partial charge in [0, 0.05) is 19.5 Å². The Morgan fingerprint density at radius 1 is 1.22 bits per heavy atom. The molecule has 18 heavy (non-hydrogen) atoms. The lowest BCUT2D eigenvalue weighted by atomic mass is 10.1. The van der Waals surface area contributed by atoms with Crippen molar-refractivity contribution < 1.29 is 0 Å². The minimum atomic E-state index is 1.04. The number of rotatable bonds is 3. The van der Waals surface area contributed by atoms with Crippen molar-refractivity contribution in [2.45, 2.75) is 39.0 Å². The summed E-state index contributed by atoms with van der Waals surface area (Å²) in [6.07, 6.45) is 6.16. The number of imidazole rings is 1. The molecule has 0 spiro atoms. The van der Waals surface area contributed by atoms with E-state index in [1.54, 1.807) is 0 Å². The molecule has 3 rings (SSSR count). The van der Waals surface area contributed by atoms with Gasteiger partial charge in [0.1, 0.15) is 11.3 Å². The summed E-state index contributed by atoms with van der Waals surface area (Å²) < 4.78 is 0. The summed E-state index contributed by atoms with van der Waals surface area (Å²) in [5, 5.41) is 0. The number of aromatic nitrogens is 2. The molecule has 96 valence electrons. The Labute approximate surface area is 108 Å². The maximum atomic E-state index is 4.78. The van der Waals surface area contributed by atoms with Crippen molar-refractivity contribution in [2.75, 3.05) is 18.0 Å². The van der Waals surface area contributed by atoms with E-state index in [2.05, 4.69) is 35.0 Å². The first-order chi connectivity index (χ1) is 8.88. The van der Waals surface area contributed by atoms with Gasteiger partial charge >= 0.3 is 0 Å². The fourth-order valence-corrected chi connectivity index (χ4v) is 2.81. The molecule has 1 saturated heterocycles. The van der Waals surface area contributed by atoms with E-state index in [4.69, 9.17) is 4.98 Å². The minimum Gasteiger partial charge on any atom is -0.370 e. The van der Waals surface area contributed by atoms with E-state index in [1.807, 2.05) is 0 Å². The number of fused-ring (bicyclic) bond motifs is 1. The van der Waals surface area contributed by atoms with E-state index in [1.165, 1.54) is 43.6 Å². The summed E-state index contributed by atoms with van der Waals surface area (Å²) in [6.45, 7) is 4.54. The number of nitrogens with one attached hydrogen (secondary N) is 1. The summed E-state index contributed by atoms with van der Waals surface area (Å²) in [4.78, 5) is 10.7. The predicted octanol–water partition coefficient (Wildman–Crippen LogP) is 3.51. The number of H-pyrrole nitrogens is 1. The van der Waals surface area contributed by atoms with E-state index in [-0.39, 0.29) is 0 Å². The summed E-state index contributed by atoms with van der Waals surface area (Å²) in [6, 6.07) is 6.49. The molecule has 0 radical (unpaired) electrons. The molecule has 3 heteroatoms. The number of hydrogen-bond donors (Lipinski definition) is 1. The van der Waals surface area contributed by atoms with E-state index >= 15 is 0 Å². The predicted molar refractivity (Wildman–Crippen MR) is 76.2 cm³/mol. The van der Waals surface area contributed by atoms with Gasteiger partial charge in [-0.1, -0.05) is 13.0 Å². The van der Waals surface area contributed by atoms with Crippen molar-refractivity contribution in [1.82, 2.24) is 9.97 Å². The fraction of sp³-hybridized carbons (Fsp3) is 0.533. The molecule has 0 bridgehead atoms. The van der Waals surface area contributed by atoms with Crippen LogP contribution in [0.25, 0.3) is 11.0 Å². The van der Waals surface area contributed by atoms with Crippen LogP contribution in [0.4, 0.5) is 5.69 Å². The lowest BCUT2D eigenvalue weighted by molar-refractivity contribution is 0.579. The van der Waals surface area contributed by atoms with Crippen molar-refractivity contribution in [1.29, 1.82) is 0 Å². The molecule has 1 fully saturated rings. The van der Waals surface area contributed by atoms with Crippen molar-refractivity contribution in [3.8, 4) is 0 Å². The lowest BCUT2D eigenvalue weighted by Gasteiger charge is -2.28. The van der Waals surface area contributed by atoms with Crippen LogP contribution in [0.5, 0.6) is 0 Å². The normalized spacial score (nSPS) is 16.4. The third-order valence-corrected chi connectivity index (χ3v) is 3.72. The largest absolute Gasteiger partial charge is 0.370 e. The highest BCUT2D eigenvalue weighted by molar-refractivity contribution is 5.88. The SMILES string of the molecule is CCCc1nc2c(N3CCCCC3)cccc2[nH]1. The smallest absolute Gasteiger partial charge is 0.112 e. The molecule has 2 aromatic rings. The van der Waals surface area contributed by atoms with Gasteiger partial charge in [-0.2, -0.15) is 0 Å². The average molecular weight is 243 g/mol. The fourth-order valence-electron chi connectivity index (χ4n) is 2.81. The molecule has 1 aliphatic rings. The van der Waals surface area contributed by atoms with Gasteiger partial charge in [-0.15, -0.1) is 0 Å². The highest BCUT2D eigenvalue weighted by atomic mass is 15.1. The Balaban J connectivity index is 1.99. The van der Waals surface area contributed by atoms with Crippen molar-refractivity contribution in [3.63, 3.8) is 0 Å². The van der Waals surface area contributed by atoms with Gasteiger partial charge in [0.05, 0.1) is 11.2 Å². The number of aromatic amines is 1. The number of piperidine rings is 1. The summed E-state index contributed by atoms with van der Waals surface area (Å²) in [5.74, 6) is 1.12. The minimum absolute atomic E-state index is 1.04.